The molecule has 20 heteroatoms. The minimum absolute atomic E-state index is 0.0531. The molecule has 7 rings (SSSR count). The number of benzene rings is 2. The van der Waals surface area contributed by atoms with E-state index >= 15 is 0 Å². The van der Waals surface area contributed by atoms with E-state index in [2.05, 4.69) is 30.6 Å². The molecule has 4 aromatic rings. The number of hydrogen-bond donors (Lipinski definition) is 8. The number of allylic oxidation sites excluding steroid dienone is 2. The first-order valence-corrected chi connectivity index (χ1v) is 16.5. The lowest BCUT2D eigenvalue weighted by molar-refractivity contribution is -0.0334. The lowest BCUT2D eigenvalue weighted by atomic mass is 9.84. The molecule has 10 N–H and O–H groups in total. The summed E-state index contributed by atoms with van der Waals surface area (Å²) in [5.41, 5.74) is 10.9. The maximum Gasteiger partial charge on any atom is 0.327 e. The number of halogens is 4. The van der Waals surface area contributed by atoms with Crippen LogP contribution in [0, 0.1) is 22.7 Å². The highest BCUT2D eigenvalue weighted by atomic mass is 35.5. The van der Waals surface area contributed by atoms with Gasteiger partial charge in [0.1, 0.15) is 23.3 Å². The van der Waals surface area contributed by atoms with Crippen LogP contribution in [0.3, 0.4) is 0 Å². The van der Waals surface area contributed by atoms with Gasteiger partial charge in [0.2, 0.25) is 0 Å². The molecule has 0 spiro atoms. The molecule has 2 unspecified atom stereocenters. The van der Waals surface area contributed by atoms with Crippen LogP contribution in [-0.2, 0) is 9.47 Å². The van der Waals surface area contributed by atoms with Gasteiger partial charge in [0.05, 0.1) is 92.8 Å². The van der Waals surface area contributed by atoms with E-state index in [4.69, 9.17) is 67.3 Å². The van der Waals surface area contributed by atoms with Gasteiger partial charge in [0.25, 0.3) is 11.1 Å². The Balaban J connectivity index is 0.000000173. The van der Waals surface area contributed by atoms with Crippen LogP contribution in [0.4, 0.5) is 11.6 Å². The van der Waals surface area contributed by atoms with Crippen molar-refractivity contribution in [3.63, 3.8) is 0 Å². The molecule has 1 fully saturated rings. The molecule has 16 nitrogen and oxygen atoms in total. The monoisotopic (exact) mass is 786 g/mol. The fraction of sp³-hybridized carbons (Fsp3) is 0.188. The van der Waals surface area contributed by atoms with Crippen LogP contribution in [0.5, 0.6) is 0 Å². The summed E-state index contributed by atoms with van der Waals surface area (Å²) in [6, 6.07) is 13.5. The highest BCUT2D eigenvalue weighted by Crippen LogP contribution is 2.40. The highest BCUT2D eigenvalue weighted by molar-refractivity contribution is 6.42. The van der Waals surface area contributed by atoms with Crippen molar-refractivity contribution in [2.45, 2.75) is 11.8 Å². The third-order valence-electron chi connectivity index (χ3n) is 7.75. The fourth-order valence-corrected chi connectivity index (χ4v) is 6.10. The maximum absolute atomic E-state index is 12.2. The summed E-state index contributed by atoms with van der Waals surface area (Å²) in [7, 11) is 0. The van der Waals surface area contributed by atoms with Crippen LogP contribution in [-0.4, -0.2) is 46.4 Å². The predicted octanol–water partition coefficient (Wildman–Crippen LogP) is 3.28. The van der Waals surface area contributed by atoms with Gasteiger partial charge in [-0.1, -0.05) is 58.5 Å². The van der Waals surface area contributed by atoms with Crippen LogP contribution < -0.4 is 44.6 Å². The second kappa shape index (κ2) is 16.3. The zero-order valence-corrected chi connectivity index (χ0v) is 29.5. The number of nitrogens with one attached hydrogen (secondary N) is 6. The topological polar surface area (TPSA) is 274 Å². The number of aromatic nitrogens is 4. The van der Waals surface area contributed by atoms with E-state index in [0.29, 0.717) is 21.2 Å². The van der Waals surface area contributed by atoms with Crippen LogP contribution in [0.2, 0.25) is 20.1 Å². The summed E-state index contributed by atoms with van der Waals surface area (Å²) in [6.07, 6.45) is 0. The number of fused-ring (bicyclic) bond motifs is 2. The van der Waals surface area contributed by atoms with E-state index in [1.54, 1.807) is 36.4 Å². The van der Waals surface area contributed by atoms with Crippen LogP contribution >= 0.6 is 46.4 Å². The maximum atomic E-state index is 12.2. The zero-order valence-electron chi connectivity index (χ0n) is 26.5. The summed E-state index contributed by atoms with van der Waals surface area (Å²) >= 11 is 23.9. The molecular weight excluding hydrogens is 762 g/mol. The molecule has 5 heterocycles. The van der Waals surface area contributed by atoms with Crippen molar-refractivity contribution in [2.75, 3.05) is 37.1 Å². The van der Waals surface area contributed by atoms with E-state index in [-0.39, 0.29) is 55.6 Å². The molecule has 2 aromatic carbocycles. The van der Waals surface area contributed by atoms with Crippen LogP contribution in [0.1, 0.15) is 34.1 Å². The number of nitriles is 2. The molecule has 2 aromatic heterocycles. The predicted molar refractivity (Wildman–Crippen MR) is 195 cm³/mol. The average Bonchev–Trinajstić information content (AvgIpc) is 3.10. The molecule has 3 aliphatic rings. The normalized spacial score (nSPS) is 17.3. The van der Waals surface area contributed by atoms with Crippen molar-refractivity contribution < 1.29 is 9.47 Å². The second-order valence-electron chi connectivity index (χ2n) is 11.0. The Morgan fingerprint density at radius 3 is 1.27 bits per heavy atom. The van der Waals surface area contributed by atoms with Crippen molar-refractivity contribution >= 4 is 58.0 Å². The van der Waals surface area contributed by atoms with Crippen LogP contribution in [0.15, 0.2) is 78.4 Å². The Kier molecular flexibility index (Phi) is 11.8. The smallest absolute Gasteiger partial charge is 0.327 e. The van der Waals surface area contributed by atoms with Crippen molar-refractivity contribution in [3.8, 4) is 12.1 Å². The van der Waals surface area contributed by atoms with Gasteiger partial charge >= 0.3 is 11.4 Å². The number of rotatable bonds is 2. The third-order valence-corrected chi connectivity index (χ3v) is 9.23. The Morgan fingerprint density at radius 2 is 0.962 bits per heavy atom. The molecule has 268 valence electrons. The Morgan fingerprint density at radius 1 is 0.596 bits per heavy atom. The number of aromatic amines is 4. The SMILES string of the molecule is C1COCCO1.N#CC1=C(N)Nc2[nH]c(=O)[nH]c(=O)c2C1c1ccc(Cl)c(Cl)c1.N#CC1=C(N)Nc2[nH]c(=O)[nH]c(=O)c2C1c1ccc(Cl)c(Cl)c1. The average molecular weight is 788 g/mol. The molecule has 0 bridgehead atoms. The number of ether oxygens (including phenoxy) is 2. The van der Waals surface area contributed by atoms with Crippen LogP contribution in [0.25, 0.3) is 0 Å². The quantitative estimate of drug-likeness (QED) is 0.145. The van der Waals surface area contributed by atoms with Gasteiger partial charge in [0, 0.05) is 0 Å². The van der Waals surface area contributed by atoms with E-state index in [1.807, 2.05) is 12.1 Å². The number of H-pyrrole nitrogens is 4. The molecule has 3 aliphatic heterocycles. The zero-order chi connectivity index (χ0) is 37.7. The minimum atomic E-state index is -0.772. The first-order chi connectivity index (χ1) is 24.8. The Bertz CT molecular complexity index is 2260. The number of nitrogens with zero attached hydrogens (tertiary/aromatic N) is 2. The first-order valence-electron chi connectivity index (χ1n) is 15.0. The number of anilines is 2. The molecule has 0 amide bonds. The van der Waals surface area contributed by atoms with E-state index in [0.717, 1.165) is 26.4 Å². The largest absolute Gasteiger partial charge is 0.384 e. The van der Waals surface area contributed by atoms with Gasteiger partial charge in [-0.25, -0.2) is 9.59 Å². The Labute approximate surface area is 312 Å². The Hall–Kier alpha value is -5.46. The molecule has 0 radical (unpaired) electrons. The van der Waals surface area contributed by atoms with Crippen molar-refractivity contribution in [3.05, 3.63) is 143 Å². The third kappa shape index (κ3) is 8.03. The highest BCUT2D eigenvalue weighted by Gasteiger charge is 2.34. The molecule has 1 saturated heterocycles. The summed E-state index contributed by atoms with van der Waals surface area (Å²) in [4.78, 5) is 56.6. The van der Waals surface area contributed by atoms with E-state index in [9.17, 15) is 29.7 Å². The van der Waals surface area contributed by atoms with Gasteiger partial charge in [0.15, 0.2) is 0 Å². The lowest BCUT2D eigenvalue weighted by Crippen LogP contribution is -2.34. The summed E-state index contributed by atoms with van der Waals surface area (Å²) < 4.78 is 9.89. The van der Waals surface area contributed by atoms with Gasteiger partial charge < -0.3 is 31.6 Å². The van der Waals surface area contributed by atoms with Crippen molar-refractivity contribution in [1.82, 2.24) is 19.9 Å². The fourth-order valence-electron chi connectivity index (χ4n) is 5.48. The molecule has 0 saturated carbocycles. The van der Waals surface area contributed by atoms with E-state index in [1.165, 1.54) is 0 Å². The van der Waals surface area contributed by atoms with E-state index < -0.39 is 34.3 Å². The van der Waals surface area contributed by atoms with Crippen molar-refractivity contribution in [1.29, 1.82) is 10.5 Å². The van der Waals surface area contributed by atoms with Crippen molar-refractivity contribution in [2.24, 2.45) is 11.5 Å². The van der Waals surface area contributed by atoms with Gasteiger partial charge in [-0.2, -0.15) is 10.5 Å². The number of nitrogens with two attached hydrogens (primary N) is 2. The summed E-state index contributed by atoms with van der Waals surface area (Å²) in [5.74, 6) is -1.15. The molecule has 52 heavy (non-hydrogen) atoms. The van der Waals surface area contributed by atoms with Gasteiger partial charge in [-0.3, -0.25) is 29.5 Å². The number of hydrogen-bond acceptors (Lipinski definition) is 12. The molecular formula is C32H26Cl4N10O6. The minimum Gasteiger partial charge on any atom is -0.384 e. The first kappa shape index (κ1) is 37.8. The summed E-state index contributed by atoms with van der Waals surface area (Å²) in [6.45, 7) is 3.11. The molecule has 2 atom stereocenters. The summed E-state index contributed by atoms with van der Waals surface area (Å²) in [5, 5.41) is 25.4. The standard InChI is InChI=1S/2C14H9Cl2N5O2.C4H8O2/c2*15-7-2-1-5(3-8(7)16)9-6(4-17)11(18)19-12-10(9)13(22)21-14(23)20-12;1-2-6-4-3-5-1/h2*1-3,9H,18H2,(H3,19,20,21,22,23);1-4H2. The lowest BCUT2D eigenvalue weighted by Gasteiger charge is -2.26. The molecule has 0 aliphatic carbocycles. The van der Waals surface area contributed by atoms with Gasteiger partial charge in [-0.15, -0.1) is 0 Å². The second-order valence-corrected chi connectivity index (χ2v) is 12.6. The van der Waals surface area contributed by atoms with Gasteiger partial charge in [-0.05, 0) is 35.4 Å².